The van der Waals surface area contributed by atoms with E-state index in [1.807, 2.05) is 30.3 Å². The zero-order valence-electron chi connectivity index (χ0n) is 18.2. The number of ketones is 1. The smallest absolute Gasteiger partial charge is 0.252 e. The predicted molar refractivity (Wildman–Crippen MR) is 114 cm³/mol. The van der Waals surface area contributed by atoms with Crippen molar-refractivity contribution in [2.75, 3.05) is 13.2 Å². The highest BCUT2D eigenvalue weighted by Gasteiger charge is 2.41. The fourth-order valence-electron chi connectivity index (χ4n) is 3.18. The van der Waals surface area contributed by atoms with Crippen LogP contribution in [0.3, 0.4) is 0 Å². The first-order valence-electron chi connectivity index (χ1n) is 10.1. The van der Waals surface area contributed by atoms with Crippen molar-refractivity contribution in [3.05, 3.63) is 35.9 Å². The van der Waals surface area contributed by atoms with Gasteiger partial charge in [0.25, 0.3) is 5.91 Å². The third-order valence-electron chi connectivity index (χ3n) is 5.90. The van der Waals surface area contributed by atoms with E-state index in [1.54, 1.807) is 11.8 Å². The average molecular weight is 406 g/mol. The van der Waals surface area contributed by atoms with Crippen LogP contribution in [0.2, 0.25) is 18.1 Å². The van der Waals surface area contributed by atoms with Gasteiger partial charge in [-0.05, 0) is 30.6 Å². The van der Waals surface area contributed by atoms with Crippen LogP contribution in [0.5, 0.6) is 0 Å². The lowest BCUT2D eigenvalue weighted by Gasteiger charge is -2.37. The number of carbonyl (C=O) groups excluding carboxylic acids is 2. The minimum absolute atomic E-state index is 0.0268. The van der Waals surface area contributed by atoms with Gasteiger partial charge in [0.05, 0.1) is 13.2 Å². The number of hydrogen-bond donors (Lipinski definition) is 0. The van der Waals surface area contributed by atoms with Crippen LogP contribution in [0.15, 0.2) is 30.3 Å². The van der Waals surface area contributed by atoms with E-state index >= 15 is 0 Å². The molecule has 0 radical (unpaired) electrons. The molecule has 1 heterocycles. The number of hydrogen-bond acceptors (Lipinski definition) is 4. The van der Waals surface area contributed by atoms with E-state index in [9.17, 15) is 9.59 Å². The number of rotatable bonds is 9. The largest absolute Gasteiger partial charge is 0.415 e. The van der Waals surface area contributed by atoms with Crippen LogP contribution >= 0.6 is 0 Å². The molecule has 1 aliphatic rings. The first kappa shape index (κ1) is 22.8. The summed E-state index contributed by atoms with van der Waals surface area (Å²) in [6, 6.07) is 9.73. The molecule has 0 aliphatic carbocycles. The molecule has 156 valence electrons. The average Bonchev–Trinajstić information content (AvgIpc) is 2.88. The van der Waals surface area contributed by atoms with E-state index in [-0.39, 0.29) is 22.8 Å². The first-order valence-corrected chi connectivity index (χ1v) is 13.0. The molecular formula is C22H35NO4Si. The van der Waals surface area contributed by atoms with Crippen LogP contribution in [0.25, 0.3) is 0 Å². The van der Waals surface area contributed by atoms with Gasteiger partial charge < -0.3 is 14.1 Å². The van der Waals surface area contributed by atoms with Crippen LogP contribution in [0, 0.1) is 0 Å². The lowest BCUT2D eigenvalue weighted by molar-refractivity contribution is -0.139. The fourth-order valence-corrected chi connectivity index (χ4v) is 4.22. The molecule has 0 N–H and O–H groups in total. The van der Waals surface area contributed by atoms with Crippen molar-refractivity contribution in [3.63, 3.8) is 0 Å². The van der Waals surface area contributed by atoms with Gasteiger partial charge in [0.15, 0.2) is 8.32 Å². The van der Waals surface area contributed by atoms with Crippen molar-refractivity contribution >= 4 is 20.0 Å². The van der Waals surface area contributed by atoms with Crippen LogP contribution in [-0.4, -0.2) is 50.2 Å². The van der Waals surface area contributed by atoms with Gasteiger partial charge in [-0.1, -0.05) is 51.1 Å². The highest BCUT2D eigenvalue weighted by atomic mass is 28.4. The molecule has 0 aromatic heterocycles. The van der Waals surface area contributed by atoms with Crippen LogP contribution in [0.4, 0.5) is 0 Å². The second-order valence-electron chi connectivity index (χ2n) is 9.22. The molecule has 0 unspecified atom stereocenters. The quantitative estimate of drug-likeness (QED) is 0.579. The first-order chi connectivity index (χ1) is 13.0. The van der Waals surface area contributed by atoms with Gasteiger partial charge in [0.2, 0.25) is 0 Å². The molecule has 1 aromatic carbocycles. The number of likely N-dealkylation sites (tertiary alicyclic amines) is 1. The summed E-state index contributed by atoms with van der Waals surface area (Å²) in [5.41, 5.74) is 1.04. The molecule has 6 heteroatoms. The fraction of sp³-hybridized carbons (Fsp3) is 0.636. The Morgan fingerprint density at radius 2 is 1.86 bits per heavy atom. The van der Waals surface area contributed by atoms with Gasteiger partial charge >= 0.3 is 0 Å². The summed E-state index contributed by atoms with van der Waals surface area (Å²) in [5, 5.41) is 0.127. The van der Waals surface area contributed by atoms with Crippen LogP contribution < -0.4 is 0 Å². The molecule has 1 aromatic rings. The number of ether oxygens (including phenoxy) is 1. The summed E-state index contributed by atoms with van der Waals surface area (Å²) in [7, 11) is -1.87. The van der Waals surface area contributed by atoms with Crippen molar-refractivity contribution in [2.45, 2.75) is 77.4 Å². The van der Waals surface area contributed by atoms with Crippen molar-refractivity contribution in [3.8, 4) is 0 Å². The van der Waals surface area contributed by atoms with Crippen molar-refractivity contribution < 1.29 is 18.8 Å². The standard InChI is InChI=1S/C22H35NO4Si/c1-17(24)14-19-15-20(26-16-18-10-8-7-9-11-18)21(25)23(19)12-13-27-28(5,6)22(2,3)4/h7-11,19-20H,12-16H2,1-6H3/t19-,20-/m0/s1. The van der Waals surface area contributed by atoms with E-state index < -0.39 is 14.4 Å². The molecular weight excluding hydrogens is 370 g/mol. The molecule has 1 saturated heterocycles. The second kappa shape index (κ2) is 9.33. The van der Waals surface area contributed by atoms with E-state index in [0.717, 1.165) is 5.56 Å². The van der Waals surface area contributed by atoms with E-state index in [0.29, 0.717) is 32.6 Å². The Bertz CT molecular complexity index is 669. The zero-order chi connectivity index (χ0) is 20.9. The van der Waals surface area contributed by atoms with Gasteiger partial charge in [-0.3, -0.25) is 9.59 Å². The zero-order valence-corrected chi connectivity index (χ0v) is 19.2. The number of benzene rings is 1. The maximum Gasteiger partial charge on any atom is 0.252 e. The van der Waals surface area contributed by atoms with Crippen LogP contribution in [-0.2, 0) is 25.4 Å². The minimum Gasteiger partial charge on any atom is -0.415 e. The summed E-state index contributed by atoms with van der Waals surface area (Å²) in [4.78, 5) is 26.4. The number of amides is 1. The third kappa shape index (κ3) is 6.00. The Morgan fingerprint density at radius 1 is 1.21 bits per heavy atom. The SMILES string of the molecule is CC(=O)C[C@H]1C[C@H](OCc2ccccc2)C(=O)N1CCO[Si](C)(C)C(C)(C)C. The summed E-state index contributed by atoms with van der Waals surface area (Å²) in [6.45, 7) is 14.0. The van der Waals surface area contributed by atoms with E-state index in [4.69, 9.17) is 9.16 Å². The Morgan fingerprint density at radius 3 is 2.43 bits per heavy atom. The normalized spacial score (nSPS) is 20.6. The summed E-state index contributed by atoms with van der Waals surface area (Å²) >= 11 is 0. The molecule has 0 spiro atoms. The Balaban J connectivity index is 1.97. The summed E-state index contributed by atoms with van der Waals surface area (Å²) < 4.78 is 12.2. The van der Waals surface area contributed by atoms with Gasteiger partial charge in [0.1, 0.15) is 11.9 Å². The number of Topliss-reactive ketones (excluding diaryl/α,β-unsaturated/α-hetero) is 1. The Kier molecular flexibility index (Phi) is 7.59. The highest BCUT2D eigenvalue weighted by molar-refractivity contribution is 6.74. The number of carbonyl (C=O) groups is 2. The molecule has 2 rings (SSSR count). The molecule has 1 fully saturated rings. The minimum atomic E-state index is -1.87. The molecule has 2 atom stereocenters. The van der Waals surface area contributed by atoms with Gasteiger partial charge in [-0.2, -0.15) is 0 Å². The second-order valence-corrected chi connectivity index (χ2v) is 14.0. The van der Waals surface area contributed by atoms with Gasteiger partial charge in [-0.25, -0.2) is 0 Å². The third-order valence-corrected chi connectivity index (χ3v) is 10.4. The Labute approximate surface area is 170 Å². The molecule has 5 nitrogen and oxygen atoms in total. The van der Waals surface area contributed by atoms with E-state index in [2.05, 4.69) is 33.9 Å². The summed E-state index contributed by atoms with van der Waals surface area (Å²) in [5.74, 6) is 0.0674. The monoisotopic (exact) mass is 405 g/mol. The van der Waals surface area contributed by atoms with Crippen molar-refractivity contribution in [2.24, 2.45) is 0 Å². The maximum atomic E-state index is 12.9. The van der Waals surface area contributed by atoms with Gasteiger partial charge in [-0.15, -0.1) is 0 Å². The predicted octanol–water partition coefficient (Wildman–Crippen LogP) is 4.17. The summed E-state index contributed by atoms with van der Waals surface area (Å²) in [6.07, 6.45) is 0.444. The lowest BCUT2D eigenvalue weighted by atomic mass is 10.1. The topological polar surface area (TPSA) is 55.8 Å². The molecule has 0 saturated carbocycles. The Hall–Kier alpha value is -1.50. The van der Waals surface area contributed by atoms with Crippen molar-refractivity contribution in [1.82, 2.24) is 4.90 Å². The highest BCUT2D eigenvalue weighted by Crippen LogP contribution is 2.36. The van der Waals surface area contributed by atoms with E-state index in [1.165, 1.54) is 0 Å². The van der Waals surface area contributed by atoms with Crippen molar-refractivity contribution in [1.29, 1.82) is 0 Å². The lowest BCUT2D eigenvalue weighted by Crippen LogP contribution is -2.44. The van der Waals surface area contributed by atoms with Gasteiger partial charge in [0, 0.05) is 25.4 Å². The number of nitrogens with zero attached hydrogens (tertiary/aromatic N) is 1. The van der Waals surface area contributed by atoms with Crippen LogP contribution in [0.1, 0.15) is 46.1 Å². The maximum absolute atomic E-state index is 12.9. The molecule has 1 aliphatic heterocycles. The molecule has 0 bridgehead atoms. The molecule has 28 heavy (non-hydrogen) atoms. The molecule has 1 amide bonds.